The van der Waals surface area contributed by atoms with Crippen LogP contribution < -0.4 is 0 Å². The standard InChI is InChI=1S/C19H19NO2/c1-15(16-8-4-2-5-9-16)18(17-10-6-3-7-11-17)14-20-12-13-22-19(20)21/h2-11,14-15H,12-13H2,1H3/b18-14-. The first-order valence-corrected chi connectivity index (χ1v) is 7.51. The molecule has 3 rings (SSSR count). The second kappa shape index (κ2) is 6.48. The molecule has 1 aliphatic heterocycles. The fourth-order valence-corrected chi connectivity index (χ4v) is 2.68. The van der Waals surface area contributed by atoms with Crippen LogP contribution in [0.1, 0.15) is 24.0 Å². The lowest BCUT2D eigenvalue weighted by atomic mass is 9.88. The van der Waals surface area contributed by atoms with Gasteiger partial charge in [0.25, 0.3) is 0 Å². The minimum absolute atomic E-state index is 0.192. The lowest BCUT2D eigenvalue weighted by Crippen LogP contribution is -2.18. The van der Waals surface area contributed by atoms with E-state index in [0.29, 0.717) is 13.2 Å². The number of hydrogen-bond donors (Lipinski definition) is 0. The maximum Gasteiger partial charge on any atom is 0.413 e. The fourth-order valence-electron chi connectivity index (χ4n) is 2.68. The summed E-state index contributed by atoms with van der Waals surface area (Å²) in [5.41, 5.74) is 3.47. The minimum atomic E-state index is -0.270. The highest BCUT2D eigenvalue weighted by atomic mass is 16.6. The number of benzene rings is 2. The van der Waals surface area contributed by atoms with Crippen LogP contribution in [0, 0.1) is 0 Å². The largest absolute Gasteiger partial charge is 0.447 e. The van der Waals surface area contributed by atoms with E-state index in [-0.39, 0.29) is 12.0 Å². The quantitative estimate of drug-likeness (QED) is 0.842. The highest BCUT2D eigenvalue weighted by Crippen LogP contribution is 2.32. The predicted molar refractivity (Wildman–Crippen MR) is 87.3 cm³/mol. The van der Waals surface area contributed by atoms with E-state index >= 15 is 0 Å². The van der Waals surface area contributed by atoms with Crippen molar-refractivity contribution in [3.05, 3.63) is 78.0 Å². The number of nitrogens with zero attached hydrogens (tertiary/aromatic N) is 1. The Kier molecular flexibility index (Phi) is 4.24. The van der Waals surface area contributed by atoms with Crippen molar-refractivity contribution in [3.8, 4) is 0 Å². The van der Waals surface area contributed by atoms with Crippen LogP contribution >= 0.6 is 0 Å². The van der Waals surface area contributed by atoms with Gasteiger partial charge in [-0.1, -0.05) is 67.6 Å². The van der Waals surface area contributed by atoms with Crippen LogP contribution in [0.25, 0.3) is 5.57 Å². The maximum atomic E-state index is 11.8. The van der Waals surface area contributed by atoms with Gasteiger partial charge >= 0.3 is 6.09 Å². The minimum Gasteiger partial charge on any atom is -0.447 e. The van der Waals surface area contributed by atoms with E-state index in [1.807, 2.05) is 42.6 Å². The van der Waals surface area contributed by atoms with Gasteiger partial charge in [-0.05, 0) is 16.7 Å². The van der Waals surface area contributed by atoms with Crippen LogP contribution in [0.15, 0.2) is 66.9 Å². The van der Waals surface area contributed by atoms with Gasteiger partial charge in [0.15, 0.2) is 0 Å². The summed E-state index contributed by atoms with van der Waals surface area (Å²) < 4.78 is 5.03. The highest BCUT2D eigenvalue weighted by molar-refractivity contribution is 5.77. The monoisotopic (exact) mass is 293 g/mol. The Hall–Kier alpha value is -2.55. The zero-order valence-corrected chi connectivity index (χ0v) is 12.6. The Balaban J connectivity index is 2.00. The molecule has 0 N–H and O–H groups in total. The zero-order valence-electron chi connectivity index (χ0n) is 12.6. The van der Waals surface area contributed by atoms with Crippen LogP contribution in [0.2, 0.25) is 0 Å². The van der Waals surface area contributed by atoms with Crippen molar-refractivity contribution in [1.29, 1.82) is 0 Å². The second-order valence-electron chi connectivity index (χ2n) is 5.39. The Morgan fingerprint density at radius 2 is 1.73 bits per heavy atom. The van der Waals surface area contributed by atoms with Gasteiger partial charge in [-0.25, -0.2) is 4.79 Å². The molecular weight excluding hydrogens is 274 g/mol. The molecular formula is C19H19NO2. The van der Waals surface area contributed by atoms with Gasteiger partial charge in [0, 0.05) is 12.1 Å². The SMILES string of the molecule is CC(/C(=C/N1CCOC1=O)c1ccccc1)c1ccccc1. The molecule has 1 amide bonds. The number of rotatable bonds is 4. The number of carbonyl (C=O) groups is 1. The van der Waals surface area contributed by atoms with Crippen LogP contribution in [-0.4, -0.2) is 24.1 Å². The number of hydrogen-bond acceptors (Lipinski definition) is 2. The number of amides is 1. The number of carbonyl (C=O) groups excluding carboxylic acids is 1. The summed E-state index contributed by atoms with van der Waals surface area (Å²) in [5.74, 6) is 0.192. The first-order valence-electron chi connectivity index (χ1n) is 7.51. The van der Waals surface area contributed by atoms with Crippen molar-refractivity contribution in [3.63, 3.8) is 0 Å². The molecule has 3 heteroatoms. The molecule has 1 aliphatic rings. The molecule has 1 heterocycles. The Labute approximate surface area is 130 Å². The number of ether oxygens (including phenoxy) is 1. The van der Waals surface area contributed by atoms with Gasteiger partial charge < -0.3 is 4.74 Å². The molecule has 0 saturated carbocycles. The molecule has 112 valence electrons. The first-order chi connectivity index (χ1) is 10.8. The van der Waals surface area contributed by atoms with E-state index in [0.717, 1.165) is 11.1 Å². The van der Waals surface area contributed by atoms with Crippen molar-refractivity contribution in [1.82, 2.24) is 4.90 Å². The molecule has 0 bridgehead atoms. The first kappa shape index (κ1) is 14.4. The molecule has 3 nitrogen and oxygen atoms in total. The molecule has 22 heavy (non-hydrogen) atoms. The molecule has 0 spiro atoms. The predicted octanol–water partition coefficient (Wildman–Crippen LogP) is 4.28. The molecule has 0 aromatic heterocycles. The number of cyclic esters (lactones) is 1. The highest BCUT2D eigenvalue weighted by Gasteiger charge is 2.22. The molecule has 0 radical (unpaired) electrons. The smallest absolute Gasteiger partial charge is 0.413 e. The average Bonchev–Trinajstić information content (AvgIpc) is 2.98. The molecule has 1 fully saturated rings. The van der Waals surface area contributed by atoms with Gasteiger partial charge in [0.1, 0.15) is 6.61 Å². The van der Waals surface area contributed by atoms with E-state index in [9.17, 15) is 4.79 Å². The van der Waals surface area contributed by atoms with E-state index < -0.39 is 0 Å². The van der Waals surface area contributed by atoms with E-state index in [1.165, 1.54) is 5.56 Å². The molecule has 0 aliphatic carbocycles. The van der Waals surface area contributed by atoms with Gasteiger partial charge in [-0.2, -0.15) is 0 Å². The third-order valence-electron chi connectivity index (χ3n) is 3.96. The van der Waals surface area contributed by atoms with E-state index in [1.54, 1.807) is 4.90 Å². The van der Waals surface area contributed by atoms with Crippen molar-refractivity contribution in [2.75, 3.05) is 13.2 Å². The van der Waals surface area contributed by atoms with Gasteiger partial charge in [0.2, 0.25) is 0 Å². The summed E-state index contributed by atoms with van der Waals surface area (Å²) >= 11 is 0. The van der Waals surface area contributed by atoms with Crippen LogP contribution in [0.4, 0.5) is 4.79 Å². The molecule has 1 atom stereocenters. The van der Waals surface area contributed by atoms with Gasteiger partial charge in [0.05, 0.1) is 6.54 Å². The van der Waals surface area contributed by atoms with Gasteiger partial charge in [-0.15, -0.1) is 0 Å². The van der Waals surface area contributed by atoms with Crippen LogP contribution in [0.5, 0.6) is 0 Å². The normalized spacial score (nSPS) is 16.5. The lowest BCUT2D eigenvalue weighted by Gasteiger charge is -2.19. The lowest BCUT2D eigenvalue weighted by molar-refractivity contribution is 0.166. The third-order valence-corrected chi connectivity index (χ3v) is 3.96. The summed E-state index contributed by atoms with van der Waals surface area (Å²) in [6, 6.07) is 20.5. The van der Waals surface area contributed by atoms with Crippen molar-refractivity contribution >= 4 is 11.7 Å². The van der Waals surface area contributed by atoms with Gasteiger partial charge in [-0.3, -0.25) is 4.90 Å². The summed E-state index contributed by atoms with van der Waals surface area (Å²) in [5, 5.41) is 0. The Morgan fingerprint density at radius 3 is 2.32 bits per heavy atom. The summed E-state index contributed by atoms with van der Waals surface area (Å²) in [7, 11) is 0. The van der Waals surface area contributed by atoms with Crippen LogP contribution in [-0.2, 0) is 4.74 Å². The topological polar surface area (TPSA) is 29.5 Å². The molecule has 1 saturated heterocycles. The molecule has 2 aromatic carbocycles. The van der Waals surface area contributed by atoms with Crippen molar-refractivity contribution in [2.45, 2.75) is 12.8 Å². The van der Waals surface area contributed by atoms with Crippen molar-refractivity contribution < 1.29 is 9.53 Å². The zero-order chi connectivity index (χ0) is 15.4. The third kappa shape index (κ3) is 3.03. The summed E-state index contributed by atoms with van der Waals surface area (Å²) in [4.78, 5) is 13.4. The summed E-state index contributed by atoms with van der Waals surface area (Å²) in [6.07, 6.45) is 1.66. The van der Waals surface area contributed by atoms with Crippen molar-refractivity contribution in [2.24, 2.45) is 0 Å². The average molecular weight is 293 g/mol. The number of allylic oxidation sites excluding steroid dienone is 1. The maximum absolute atomic E-state index is 11.8. The second-order valence-corrected chi connectivity index (χ2v) is 5.39. The Bertz CT molecular complexity index is 664. The van der Waals surface area contributed by atoms with E-state index in [4.69, 9.17) is 4.74 Å². The molecule has 2 aromatic rings. The van der Waals surface area contributed by atoms with E-state index in [2.05, 4.69) is 31.2 Å². The molecule has 1 unspecified atom stereocenters. The summed E-state index contributed by atoms with van der Waals surface area (Å²) in [6.45, 7) is 3.23. The fraction of sp³-hybridized carbons (Fsp3) is 0.211. The Morgan fingerprint density at radius 1 is 1.09 bits per heavy atom. The van der Waals surface area contributed by atoms with Crippen LogP contribution in [0.3, 0.4) is 0 Å².